The van der Waals surface area contributed by atoms with Gasteiger partial charge in [-0.15, -0.1) is 4.40 Å². The Morgan fingerprint density at radius 1 is 1.12 bits per heavy atom. The van der Waals surface area contributed by atoms with Gasteiger partial charge in [-0.1, -0.05) is 17.4 Å². The van der Waals surface area contributed by atoms with Gasteiger partial charge in [0.15, 0.2) is 0 Å². The molecule has 3 rings (SSSR count). The summed E-state index contributed by atoms with van der Waals surface area (Å²) in [5.74, 6) is 0.594. The number of aryl methyl sites for hydroxylation is 1. The first-order valence-corrected chi connectivity index (χ1v) is 10.2. The summed E-state index contributed by atoms with van der Waals surface area (Å²) in [6.07, 6.45) is 0. The quantitative estimate of drug-likeness (QED) is 0.647. The Hall–Kier alpha value is -2.16. The second-order valence-corrected chi connectivity index (χ2v) is 8.36. The fraction of sp³-hybridized carbons (Fsp3) is 0.278. The molecule has 0 aliphatic heterocycles. The number of fused-ring (bicyclic) bond motifs is 1. The van der Waals surface area contributed by atoms with Crippen LogP contribution in [0.5, 0.6) is 5.75 Å². The number of aromatic nitrogens is 1. The third kappa shape index (κ3) is 3.82. The number of hydrogen-bond acceptors (Lipinski definition) is 5. The predicted octanol–water partition coefficient (Wildman–Crippen LogP) is 2.96. The lowest BCUT2D eigenvalue weighted by Crippen LogP contribution is -2.19. The van der Waals surface area contributed by atoms with Crippen molar-refractivity contribution in [1.82, 2.24) is 4.57 Å². The average Bonchev–Trinajstić information content (AvgIpc) is 2.95. The van der Waals surface area contributed by atoms with Crippen molar-refractivity contribution in [2.75, 3.05) is 20.8 Å². The van der Waals surface area contributed by atoms with Crippen molar-refractivity contribution in [2.45, 2.75) is 18.4 Å². The van der Waals surface area contributed by atoms with Crippen LogP contribution < -0.4 is 9.54 Å². The molecule has 0 saturated carbocycles. The summed E-state index contributed by atoms with van der Waals surface area (Å²) in [6, 6.07) is 12.2. The molecule has 138 valence electrons. The summed E-state index contributed by atoms with van der Waals surface area (Å²) in [4.78, 5) is 0.559. The SMILES string of the molecule is COCCn1/c(=N/S(=O)(=O)c2ccc(OC)cc2)sc2cc(C)ccc21. The molecule has 26 heavy (non-hydrogen) atoms. The molecule has 0 amide bonds. The highest BCUT2D eigenvalue weighted by Crippen LogP contribution is 2.21. The van der Waals surface area contributed by atoms with Crippen LogP contribution in [0.4, 0.5) is 0 Å². The van der Waals surface area contributed by atoms with Crippen LogP contribution in [0.15, 0.2) is 51.8 Å². The summed E-state index contributed by atoms with van der Waals surface area (Å²) in [7, 11) is -0.677. The molecule has 0 aliphatic carbocycles. The van der Waals surface area contributed by atoms with Crippen LogP contribution in [0.1, 0.15) is 5.56 Å². The van der Waals surface area contributed by atoms with E-state index in [1.54, 1.807) is 19.2 Å². The monoisotopic (exact) mass is 392 g/mol. The molecule has 0 unspecified atom stereocenters. The van der Waals surface area contributed by atoms with Gasteiger partial charge in [0.25, 0.3) is 10.0 Å². The van der Waals surface area contributed by atoms with E-state index in [9.17, 15) is 8.42 Å². The van der Waals surface area contributed by atoms with Crippen LogP contribution in [0.3, 0.4) is 0 Å². The van der Waals surface area contributed by atoms with E-state index in [0.29, 0.717) is 23.7 Å². The number of thiazole rings is 1. The van der Waals surface area contributed by atoms with Crippen molar-refractivity contribution >= 4 is 31.6 Å². The molecule has 3 aromatic rings. The van der Waals surface area contributed by atoms with E-state index in [1.165, 1.54) is 30.6 Å². The van der Waals surface area contributed by atoms with E-state index < -0.39 is 10.0 Å². The van der Waals surface area contributed by atoms with E-state index in [0.717, 1.165) is 15.8 Å². The highest BCUT2D eigenvalue weighted by atomic mass is 32.2. The van der Waals surface area contributed by atoms with Gasteiger partial charge < -0.3 is 14.0 Å². The first kappa shape index (κ1) is 18.6. The normalized spacial score (nSPS) is 12.7. The van der Waals surface area contributed by atoms with Crippen molar-refractivity contribution in [1.29, 1.82) is 0 Å². The third-order valence-corrected chi connectivity index (χ3v) is 6.35. The Labute approximate surface area is 156 Å². The molecular formula is C18H20N2O4S2. The first-order valence-electron chi connectivity index (χ1n) is 7.98. The van der Waals surface area contributed by atoms with Crippen LogP contribution >= 0.6 is 11.3 Å². The maximum absolute atomic E-state index is 12.7. The number of methoxy groups -OCH3 is 2. The summed E-state index contributed by atoms with van der Waals surface area (Å²) < 4.78 is 42.6. The van der Waals surface area contributed by atoms with Crippen LogP contribution in [0.25, 0.3) is 10.2 Å². The van der Waals surface area contributed by atoms with Gasteiger partial charge in [0.1, 0.15) is 5.75 Å². The van der Waals surface area contributed by atoms with Crippen molar-refractivity contribution in [3.63, 3.8) is 0 Å². The number of benzene rings is 2. The standard InChI is InChI=1S/C18H20N2O4S2/c1-13-4-9-16-17(12-13)25-18(20(16)10-11-23-2)19-26(21,22)15-7-5-14(24-3)6-8-15/h4-9,12H,10-11H2,1-3H3/b19-18-. The van der Waals surface area contributed by atoms with Crippen molar-refractivity contribution in [3.05, 3.63) is 52.8 Å². The van der Waals surface area contributed by atoms with Gasteiger partial charge in [0, 0.05) is 13.7 Å². The van der Waals surface area contributed by atoms with Crippen LogP contribution in [0.2, 0.25) is 0 Å². The van der Waals surface area contributed by atoms with Gasteiger partial charge in [-0.3, -0.25) is 0 Å². The Balaban J connectivity index is 2.15. The fourth-order valence-corrected chi connectivity index (χ4v) is 4.91. The lowest BCUT2D eigenvalue weighted by Gasteiger charge is -2.05. The fourth-order valence-electron chi connectivity index (χ4n) is 2.55. The van der Waals surface area contributed by atoms with E-state index >= 15 is 0 Å². The largest absolute Gasteiger partial charge is 0.497 e. The van der Waals surface area contributed by atoms with E-state index in [-0.39, 0.29) is 4.90 Å². The predicted molar refractivity (Wildman–Crippen MR) is 102 cm³/mol. The minimum absolute atomic E-state index is 0.130. The van der Waals surface area contributed by atoms with Gasteiger partial charge in [-0.2, -0.15) is 8.42 Å². The number of ether oxygens (including phenoxy) is 2. The zero-order chi connectivity index (χ0) is 18.7. The van der Waals surface area contributed by atoms with Crippen LogP contribution in [-0.2, 0) is 21.3 Å². The maximum Gasteiger partial charge on any atom is 0.285 e. The van der Waals surface area contributed by atoms with Gasteiger partial charge in [-0.25, -0.2) is 0 Å². The highest BCUT2D eigenvalue weighted by Gasteiger charge is 2.15. The molecule has 0 radical (unpaired) electrons. The van der Waals surface area contributed by atoms with Gasteiger partial charge in [-0.05, 0) is 48.9 Å². The highest BCUT2D eigenvalue weighted by molar-refractivity contribution is 7.90. The van der Waals surface area contributed by atoms with Crippen molar-refractivity contribution in [3.8, 4) is 5.75 Å². The Morgan fingerprint density at radius 3 is 2.50 bits per heavy atom. The summed E-state index contributed by atoms with van der Waals surface area (Å²) >= 11 is 1.35. The minimum Gasteiger partial charge on any atom is -0.497 e. The number of sulfonamides is 1. The topological polar surface area (TPSA) is 69.9 Å². The third-order valence-electron chi connectivity index (χ3n) is 3.91. The molecule has 0 fully saturated rings. The molecule has 1 aromatic heterocycles. The lowest BCUT2D eigenvalue weighted by molar-refractivity contribution is 0.187. The Morgan fingerprint density at radius 2 is 1.85 bits per heavy atom. The van der Waals surface area contributed by atoms with Gasteiger partial charge in [0.05, 0.1) is 28.8 Å². The van der Waals surface area contributed by atoms with Crippen molar-refractivity contribution in [2.24, 2.45) is 4.40 Å². The van der Waals surface area contributed by atoms with E-state index in [2.05, 4.69) is 4.40 Å². The molecule has 6 nitrogen and oxygen atoms in total. The number of nitrogens with zero attached hydrogens (tertiary/aromatic N) is 2. The zero-order valence-electron chi connectivity index (χ0n) is 14.8. The van der Waals surface area contributed by atoms with Crippen LogP contribution in [0, 0.1) is 6.92 Å². The molecule has 2 aromatic carbocycles. The molecule has 0 aliphatic rings. The molecule has 0 spiro atoms. The summed E-state index contributed by atoms with van der Waals surface area (Å²) in [5, 5.41) is 0. The van der Waals surface area contributed by atoms with Gasteiger partial charge >= 0.3 is 0 Å². The second kappa shape index (κ2) is 7.61. The summed E-state index contributed by atoms with van der Waals surface area (Å²) in [5.41, 5.74) is 2.06. The molecule has 0 N–H and O–H groups in total. The average molecular weight is 393 g/mol. The second-order valence-electron chi connectivity index (χ2n) is 5.74. The molecule has 0 saturated heterocycles. The summed E-state index contributed by atoms with van der Waals surface area (Å²) in [6.45, 7) is 3.00. The minimum atomic E-state index is -3.83. The molecular weight excluding hydrogens is 372 g/mol. The smallest absolute Gasteiger partial charge is 0.285 e. The first-order chi connectivity index (χ1) is 12.4. The Bertz CT molecular complexity index is 1080. The number of rotatable bonds is 6. The van der Waals surface area contributed by atoms with Crippen LogP contribution in [-0.4, -0.2) is 33.8 Å². The maximum atomic E-state index is 12.7. The van der Waals surface area contributed by atoms with Crippen molar-refractivity contribution < 1.29 is 17.9 Å². The molecule has 1 heterocycles. The van der Waals surface area contributed by atoms with E-state index in [4.69, 9.17) is 9.47 Å². The number of hydrogen-bond donors (Lipinski definition) is 0. The lowest BCUT2D eigenvalue weighted by atomic mass is 10.2. The molecule has 0 bridgehead atoms. The van der Waals surface area contributed by atoms with E-state index in [1.807, 2.05) is 29.7 Å². The zero-order valence-corrected chi connectivity index (χ0v) is 16.4. The molecule has 8 heteroatoms. The molecule has 0 atom stereocenters. The Kier molecular flexibility index (Phi) is 5.45. The van der Waals surface area contributed by atoms with Gasteiger partial charge in [0.2, 0.25) is 4.80 Å².